The van der Waals surface area contributed by atoms with Gasteiger partial charge in [0.25, 0.3) is 5.91 Å². The van der Waals surface area contributed by atoms with Crippen molar-refractivity contribution in [2.45, 2.75) is 13.8 Å². The van der Waals surface area contributed by atoms with Crippen molar-refractivity contribution in [2.24, 2.45) is 0 Å². The van der Waals surface area contributed by atoms with E-state index in [1.807, 2.05) is 19.9 Å². The number of carbonyl (C=O) groups is 1. The summed E-state index contributed by atoms with van der Waals surface area (Å²) in [6.45, 7) is 3.68. The number of nitrogens with one attached hydrogen (secondary N) is 1. The van der Waals surface area contributed by atoms with Crippen LogP contribution in [0.25, 0.3) is 0 Å². The molecule has 0 fully saturated rings. The molecule has 1 amide bonds. The second-order valence-electron chi connectivity index (χ2n) is 4.15. The van der Waals surface area contributed by atoms with E-state index in [0.29, 0.717) is 15.9 Å². The van der Waals surface area contributed by atoms with Crippen LogP contribution in [0.4, 0.5) is 5.13 Å². The van der Waals surface area contributed by atoms with Crippen LogP contribution in [0.5, 0.6) is 5.75 Å². The molecular weight excluding hydrogens is 364 g/mol. The molecule has 1 heterocycles. The minimum Gasteiger partial charge on any atom is -0.482 e. The van der Waals surface area contributed by atoms with Crippen LogP contribution in [-0.4, -0.2) is 17.5 Å². The van der Waals surface area contributed by atoms with E-state index in [0.717, 1.165) is 14.9 Å². The molecular formula is C13H12BrClN2O2S. The number of hydrogen-bond acceptors (Lipinski definition) is 4. The summed E-state index contributed by atoms with van der Waals surface area (Å²) in [6.07, 6.45) is 1.71. The standard InChI is InChI=1S/C13H12BrClN2O2S/c1-7-3-9(14)4-10(15)12(7)19-6-11(18)17-13-16-5-8(2)20-13/h3-5H,6H2,1-2H3,(H,16,17,18). The fourth-order valence-corrected chi connectivity index (χ4v) is 3.28. The van der Waals surface area contributed by atoms with Gasteiger partial charge in [0.05, 0.1) is 5.02 Å². The number of benzene rings is 1. The van der Waals surface area contributed by atoms with Gasteiger partial charge in [-0.25, -0.2) is 4.98 Å². The van der Waals surface area contributed by atoms with Crippen LogP contribution in [0.15, 0.2) is 22.8 Å². The Hall–Kier alpha value is -1.11. The molecule has 0 saturated carbocycles. The smallest absolute Gasteiger partial charge is 0.264 e. The van der Waals surface area contributed by atoms with Crippen LogP contribution >= 0.6 is 38.9 Å². The van der Waals surface area contributed by atoms with Crippen molar-refractivity contribution in [1.82, 2.24) is 4.98 Å². The summed E-state index contributed by atoms with van der Waals surface area (Å²) in [6, 6.07) is 3.61. The van der Waals surface area contributed by atoms with Gasteiger partial charge < -0.3 is 4.74 Å². The van der Waals surface area contributed by atoms with Crippen molar-refractivity contribution >= 4 is 49.9 Å². The predicted octanol–water partition coefficient (Wildman–Crippen LogP) is 4.19. The maximum atomic E-state index is 11.8. The Morgan fingerprint density at radius 3 is 2.85 bits per heavy atom. The highest BCUT2D eigenvalue weighted by Gasteiger charge is 2.11. The second kappa shape index (κ2) is 6.56. The monoisotopic (exact) mass is 374 g/mol. The number of hydrogen-bond donors (Lipinski definition) is 1. The first-order valence-corrected chi connectivity index (χ1v) is 7.75. The molecule has 0 aliphatic carbocycles. The normalized spacial score (nSPS) is 10.4. The van der Waals surface area contributed by atoms with E-state index in [2.05, 4.69) is 26.2 Å². The lowest BCUT2D eigenvalue weighted by Gasteiger charge is -2.11. The van der Waals surface area contributed by atoms with Crippen molar-refractivity contribution in [3.63, 3.8) is 0 Å². The summed E-state index contributed by atoms with van der Waals surface area (Å²) >= 11 is 10.8. The number of anilines is 1. The average Bonchev–Trinajstić information content (AvgIpc) is 2.73. The number of carbonyl (C=O) groups excluding carboxylic acids is 1. The van der Waals surface area contributed by atoms with Gasteiger partial charge in [0.15, 0.2) is 11.7 Å². The third-order valence-corrected chi connectivity index (χ3v) is 3.98. The van der Waals surface area contributed by atoms with Gasteiger partial charge in [0.1, 0.15) is 5.75 Å². The fraction of sp³-hybridized carbons (Fsp3) is 0.231. The maximum Gasteiger partial charge on any atom is 0.264 e. The lowest BCUT2D eigenvalue weighted by Crippen LogP contribution is -2.20. The Bertz CT molecular complexity index is 622. The van der Waals surface area contributed by atoms with E-state index >= 15 is 0 Å². The van der Waals surface area contributed by atoms with E-state index in [-0.39, 0.29) is 12.5 Å². The largest absolute Gasteiger partial charge is 0.482 e. The Labute approximate surface area is 134 Å². The number of aryl methyl sites for hydroxylation is 2. The van der Waals surface area contributed by atoms with Gasteiger partial charge in [-0.05, 0) is 31.5 Å². The fourth-order valence-electron chi connectivity index (χ4n) is 1.58. The first-order chi connectivity index (χ1) is 9.45. The van der Waals surface area contributed by atoms with Crippen LogP contribution in [0, 0.1) is 13.8 Å². The van der Waals surface area contributed by atoms with Gasteiger partial charge in [-0.3, -0.25) is 10.1 Å². The lowest BCUT2D eigenvalue weighted by atomic mass is 10.2. The number of halogens is 2. The van der Waals surface area contributed by atoms with Crippen LogP contribution in [0.2, 0.25) is 5.02 Å². The molecule has 0 spiro atoms. The number of aromatic nitrogens is 1. The van der Waals surface area contributed by atoms with Crippen LogP contribution < -0.4 is 10.1 Å². The third kappa shape index (κ3) is 3.94. The number of amides is 1. The molecule has 1 N–H and O–H groups in total. The molecule has 1 aromatic carbocycles. The SMILES string of the molecule is Cc1cnc(NC(=O)COc2c(C)cc(Br)cc2Cl)s1. The minimum atomic E-state index is -0.266. The average molecular weight is 376 g/mol. The molecule has 0 unspecified atom stereocenters. The Morgan fingerprint density at radius 1 is 1.50 bits per heavy atom. The Morgan fingerprint density at radius 2 is 2.25 bits per heavy atom. The molecule has 0 atom stereocenters. The summed E-state index contributed by atoms with van der Waals surface area (Å²) in [5.41, 5.74) is 0.863. The molecule has 20 heavy (non-hydrogen) atoms. The van der Waals surface area contributed by atoms with E-state index in [9.17, 15) is 4.79 Å². The second-order valence-corrected chi connectivity index (χ2v) is 6.70. The maximum absolute atomic E-state index is 11.8. The lowest BCUT2D eigenvalue weighted by molar-refractivity contribution is -0.118. The first kappa shape index (κ1) is 15.3. The molecule has 2 rings (SSSR count). The summed E-state index contributed by atoms with van der Waals surface area (Å²) in [4.78, 5) is 16.9. The third-order valence-electron chi connectivity index (χ3n) is 2.41. The number of rotatable bonds is 4. The van der Waals surface area contributed by atoms with E-state index in [1.165, 1.54) is 11.3 Å². The zero-order valence-corrected chi connectivity index (χ0v) is 14.0. The van der Waals surface area contributed by atoms with Crippen LogP contribution in [0.1, 0.15) is 10.4 Å². The van der Waals surface area contributed by atoms with Crippen molar-refractivity contribution in [2.75, 3.05) is 11.9 Å². The molecule has 0 radical (unpaired) electrons. The molecule has 0 bridgehead atoms. The van der Waals surface area contributed by atoms with E-state index in [1.54, 1.807) is 12.3 Å². The van der Waals surface area contributed by atoms with Crippen molar-refractivity contribution in [3.05, 3.63) is 38.3 Å². The summed E-state index contributed by atoms with van der Waals surface area (Å²) in [5, 5.41) is 3.71. The molecule has 0 saturated heterocycles. The topological polar surface area (TPSA) is 51.2 Å². The molecule has 2 aromatic rings. The zero-order valence-electron chi connectivity index (χ0n) is 10.9. The number of nitrogens with zero attached hydrogens (tertiary/aromatic N) is 1. The van der Waals surface area contributed by atoms with Crippen molar-refractivity contribution in [1.29, 1.82) is 0 Å². The summed E-state index contributed by atoms with van der Waals surface area (Å²) in [5.74, 6) is 0.248. The van der Waals surface area contributed by atoms with Crippen LogP contribution in [-0.2, 0) is 4.79 Å². The summed E-state index contributed by atoms with van der Waals surface area (Å²) < 4.78 is 6.35. The summed E-state index contributed by atoms with van der Waals surface area (Å²) in [7, 11) is 0. The number of thiazole rings is 1. The van der Waals surface area contributed by atoms with Gasteiger partial charge >= 0.3 is 0 Å². The van der Waals surface area contributed by atoms with Gasteiger partial charge in [0, 0.05) is 15.5 Å². The highest BCUT2D eigenvalue weighted by atomic mass is 79.9. The molecule has 0 aliphatic heterocycles. The minimum absolute atomic E-state index is 0.110. The number of ether oxygens (including phenoxy) is 1. The van der Waals surface area contributed by atoms with E-state index in [4.69, 9.17) is 16.3 Å². The highest BCUT2D eigenvalue weighted by Crippen LogP contribution is 2.31. The molecule has 0 aliphatic rings. The molecule has 7 heteroatoms. The van der Waals surface area contributed by atoms with Gasteiger partial charge in [-0.15, -0.1) is 11.3 Å². The van der Waals surface area contributed by atoms with Gasteiger partial charge in [0.2, 0.25) is 0 Å². The van der Waals surface area contributed by atoms with E-state index < -0.39 is 0 Å². The van der Waals surface area contributed by atoms with Crippen LogP contribution in [0.3, 0.4) is 0 Å². The van der Waals surface area contributed by atoms with Crippen molar-refractivity contribution in [3.8, 4) is 5.75 Å². The quantitative estimate of drug-likeness (QED) is 0.871. The van der Waals surface area contributed by atoms with Crippen molar-refractivity contribution < 1.29 is 9.53 Å². The molecule has 1 aromatic heterocycles. The zero-order chi connectivity index (χ0) is 14.7. The first-order valence-electron chi connectivity index (χ1n) is 5.76. The van der Waals surface area contributed by atoms with Gasteiger partial charge in [-0.1, -0.05) is 27.5 Å². The van der Waals surface area contributed by atoms with Gasteiger partial charge in [-0.2, -0.15) is 0 Å². The Balaban J connectivity index is 1.97. The highest BCUT2D eigenvalue weighted by molar-refractivity contribution is 9.10. The Kier molecular flexibility index (Phi) is 5.01. The molecule has 106 valence electrons. The predicted molar refractivity (Wildman–Crippen MR) is 84.9 cm³/mol. The molecule has 4 nitrogen and oxygen atoms in total.